The highest BCUT2D eigenvalue weighted by Gasteiger charge is 2.18. The molecule has 9 heteroatoms. The van der Waals surface area contributed by atoms with E-state index < -0.39 is 0 Å². The van der Waals surface area contributed by atoms with Gasteiger partial charge < -0.3 is 4.74 Å². The number of rotatable bonds is 8. The number of benzene rings is 1. The molecule has 1 atom stereocenters. The lowest BCUT2D eigenvalue weighted by Gasteiger charge is -2.11. The Morgan fingerprint density at radius 3 is 2.53 bits per heavy atom. The molecule has 9 nitrogen and oxygen atoms in total. The van der Waals surface area contributed by atoms with Gasteiger partial charge in [-0.05, 0) is 37.1 Å². The number of carbonyl (C=O) groups excluding carboxylic acids is 1. The summed E-state index contributed by atoms with van der Waals surface area (Å²) in [6.07, 6.45) is 11.7. The Labute approximate surface area is 196 Å². The average Bonchev–Trinajstić information content (AvgIpc) is 3.60. The van der Waals surface area contributed by atoms with Crippen molar-refractivity contribution in [1.82, 2.24) is 34.2 Å². The molecular formula is C25H25N7O2. The molecule has 0 aliphatic carbocycles. The molecule has 0 aliphatic heterocycles. The minimum Gasteiger partial charge on any atom is -0.497 e. The van der Waals surface area contributed by atoms with Crippen molar-refractivity contribution >= 4 is 11.3 Å². The molecule has 4 aromatic heterocycles. The van der Waals surface area contributed by atoms with Crippen LogP contribution in [0.1, 0.15) is 31.9 Å². The number of Topliss-reactive ketones (excluding diaryl/α,β-unsaturated/α-hetero) is 1. The molecule has 0 amide bonds. The molecule has 34 heavy (non-hydrogen) atoms. The van der Waals surface area contributed by atoms with E-state index >= 15 is 0 Å². The van der Waals surface area contributed by atoms with Crippen LogP contribution in [-0.4, -0.2) is 47.1 Å². The number of nitrogens with zero attached hydrogens (tertiary/aromatic N) is 7. The molecule has 172 valence electrons. The Morgan fingerprint density at radius 1 is 1.00 bits per heavy atom. The quantitative estimate of drug-likeness (QED) is 0.350. The van der Waals surface area contributed by atoms with Crippen LogP contribution < -0.4 is 4.74 Å². The number of hydrogen-bond donors (Lipinski definition) is 0. The van der Waals surface area contributed by atoms with Gasteiger partial charge in [-0.15, -0.1) is 0 Å². The lowest BCUT2D eigenvalue weighted by Crippen LogP contribution is -2.16. The third-order valence-electron chi connectivity index (χ3n) is 5.87. The molecule has 0 spiro atoms. The lowest BCUT2D eigenvalue weighted by molar-refractivity contribution is -0.120. The summed E-state index contributed by atoms with van der Waals surface area (Å²) < 4.78 is 10.6. The number of aromatic nitrogens is 7. The molecule has 4 heterocycles. The van der Waals surface area contributed by atoms with Crippen LogP contribution in [0.25, 0.3) is 28.0 Å². The number of fused-ring (bicyclic) bond motifs is 1. The van der Waals surface area contributed by atoms with Crippen LogP contribution in [-0.2, 0) is 11.3 Å². The van der Waals surface area contributed by atoms with Gasteiger partial charge in [-0.1, -0.05) is 19.1 Å². The summed E-state index contributed by atoms with van der Waals surface area (Å²) in [6, 6.07) is 9.56. The third kappa shape index (κ3) is 4.07. The molecule has 0 saturated heterocycles. The zero-order valence-corrected chi connectivity index (χ0v) is 19.3. The summed E-state index contributed by atoms with van der Waals surface area (Å²) in [6.45, 7) is 4.20. The maximum atomic E-state index is 12.0. The van der Waals surface area contributed by atoms with Crippen LogP contribution in [0.4, 0.5) is 0 Å². The minimum absolute atomic E-state index is 0.0811. The van der Waals surface area contributed by atoms with E-state index in [2.05, 4.69) is 15.3 Å². The Bertz CT molecular complexity index is 1450. The first-order valence-electron chi connectivity index (χ1n) is 11.1. The molecule has 0 aliphatic rings. The normalized spacial score (nSPS) is 12.2. The van der Waals surface area contributed by atoms with Gasteiger partial charge in [-0.3, -0.25) is 14.2 Å². The molecule has 0 saturated carbocycles. The largest absolute Gasteiger partial charge is 0.497 e. The van der Waals surface area contributed by atoms with Crippen molar-refractivity contribution in [2.24, 2.45) is 0 Å². The zero-order valence-electron chi connectivity index (χ0n) is 19.3. The molecule has 0 N–H and O–H groups in total. The van der Waals surface area contributed by atoms with E-state index in [1.54, 1.807) is 41.8 Å². The van der Waals surface area contributed by atoms with Gasteiger partial charge in [0.2, 0.25) is 0 Å². The second-order valence-electron chi connectivity index (χ2n) is 8.15. The van der Waals surface area contributed by atoms with Crippen LogP contribution in [0.2, 0.25) is 0 Å². The van der Waals surface area contributed by atoms with Crippen molar-refractivity contribution in [2.45, 2.75) is 32.9 Å². The summed E-state index contributed by atoms with van der Waals surface area (Å²) in [5.41, 5.74) is 5.20. The first-order chi connectivity index (χ1) is 16.6. The molecular weight excluding hydrogens is 430 g/mol. The fraction of sp³-hybridized carbons (Fsp3) is 0.240. The predicted octanol–water partition coefficient (Wildman–Crippen LogP) is 4.05. The second-order valence-corrected chi connectivity index (χ2v) is 8.15. The highest BCUT2D eigenvalue weighted by atomic mass is 16.5. The molecule has 0 radical (unpaired) electrons. The van der Waals surface area contributed by atoms with Crippen molar-refractivity contribution in [3.63, 3.8) is 0 Å². The molecule has 1 unspecified atom stereocenters. The van der Waals surface area contributed by atoms with E-state index in [4.69, 9.17) is 9.72 Å². The van der Waals surface area contributed by atoms with Crippen molar-refractivity contribution in [1.29, 1.82) is 0 Å². The SMILES string of the molecule is CCC(C(C)=O)n1cc(-c2nc(-c3cnn(Cc4ccc(OC)cc4)c3)cn3nccc23)cn1. The van der Waals surface area contributed by atoms with Crippen LogP contribution in [0.15, 0.2) is 67.5 Å². The van der Waals surface area contributed by atoms with Gasteiger partial charge in [-0.25, -0.2) is 9.50 Å². The van der Waals surface area contributed by atoms with Crippen molar-refractivity contribution < 1.29 is 9.53 Å². The van der Waals surface area contributed by atoms with E-state index in [-0.39, 0.29) is 11.8 Å². The zero-order chi connectivity index (χ0) is 23.7. The molecule has 1 aromatic carbocycles. The van der Waals surface area contributed by atoms with Crippen LogP contribution in [0, 0.1) is 0 Å². The summed E-state index contributed by atoms with van der Waals surface area (Å²) >= 11 is 0. The van der Waals surface area contributed by atoms with Crippen molar-refractivity contribution in [3.8, 4) is 28.3 Å². The lowest BCUT2D eigenvalue weighted by atomic mass is 10.1. The Hall–Kier alpha value is -4.27. The highest BCUT2D eigenvalue weighted by Crippen LogP contribution is 2.27. The van der Waals surface area contributed by atoms with Crippen LogP contribution >= 0.6 is 0 Å². The molecule has 5 rings (SSSR count). The van der Waals surface area contributed by atoms with Gasteiger partial charge in [-0.2, -0.15) is 15.3 Å². The second kappa shape index (κ2) is 8.93. The van der Waals surface area contributed by atoms with Crippen molar-refractivity contribution in [3.05, 3.63) is 73.1 Å². The fourth-order valence-corrected chi connectivity index (χ4v) is 4.07. The van der Waals surface area contributed by atoms with Gasteiger partial charge >= 0.3 is 0 Å². The maximum absolute atomic E-state index is 12.0. The van der Waals surface area contributed by atoms with Gasteiger partial charge in [0.25, 0.3) is 0 Å². The summed E-state index contributed by atoms with van der Waals surface area (Å²) in [5, 5.41) is 13.4. The highest BCUT2D eigenvalue weighted by molar-refractivity contribution is 5.81. The Balaban J connectivity index is 1.48. The van der Waals surface area contributed by atoms with Gasteiger partial charge in [0, 0.05) is 23.5 Å². The summed E-state index contributed by atoms with van der Waals surface area (Å²) in [5.74, 6) is 0.906. The molecule has 0 fully saturated rings. The van der Waals surface area contributed by atoms with Gasteiger partial charge in [0.05, 0.1) is 55.3 Å². The summed E-state index contributed by atoms with van der Waals surface area (Å²) in [7, 11) is 1.66. The Kier molecular flexibility index (Phi) is 5.67. The monoisotopic (exact) mass is 455 g/mol. The van der Waals surface area contributed by atoms with E-state index in [0.717, 1.165) is 39.3 Å². The smallest absolute Gasteiger partial charge is 0.154 e. The maximum Gasteiger partial charge on any atom is 0.154 e. The van der Waals surface area contributed by atoms with Crippen LogP contribution in [0.5, 0.6) is 5.75 Å². The standard InChI is InChI=1S/C25H25N7O2/c1-4-23(17(2)33)31-15-20(12-28-31)25-24-9-10-26-32(24)16-22(29-25)19-11-27-30(14-19)13-18-5-7-21(34-3)8-6-18/h5-12,14-16,23H,4,13H2,1-3H3. The third-order valence-corrected chi connectivity index (χ3v) is 5.87. The topological polar surface area (TPSA) is 92.1 Å². The number of hydrogen-bond acceptors (Lipinski definition) is 6. The van der Waals surface area contributed by atoms with Crippen LogP contribution in [0.3, 0.4) is 0 Å². The first kappa shape index (κ1) is 21.6. The number of ketones is 1. The molecule has 5 aromatic rings. The van der Waals surface area contributed by atoms with Gasteiger partial charge in [0.15, 0.2) is 5.78 Å². The Morgan fingerprint density at radius 2 is 1.79 bits per heavy atom. The van der Waals surface area contributed by atoms with E-state index in [1.165, 1.54) is 0 Å². The van der Waals surface area contributed by atoms with E-state index in [9.17, 15) is 4.79 Å². The van der Waals surface area contributed by atoms with E-state index in [0.29, 0.717) is 13.0 Å². The summed E-state index contributed by atoms with van der Waals surface area (Å²) in [4.78, 5) is 16.9. The number of ether oxygens (including phenoxy) is 1. The first-order valence-corrected chi connectivity index (χ1v) is 11.1. The molecule has 0 bridgehead atoms. The number of methoxy groups -OCH3 is 1. The predicted molar refractivity (Wildman–Crippen MR) is 128 cm³/mol. The minimum atomic E-state index is -0.283. The average molecular weight is 456 g/mol. The number of carbonyl (C=O) groups is 1. The fourth-order valence-electron chi connectivity index (χ4n) is 4.07. The van der Waals surface area contributed by atoms with E-state index in [1.807, 2.05) is 60.5 Å². The van der Waals surface area contributed by atoms with Crippen molar-refractivity contribution in [2.75, 3.05) is 7.11 Å². The van der Waals surface area contributed by atoms with Gasteiger partial charge in [0.1, 0.15) is 11.8 Å².